The fraction of sp³-hybridized carbons (Fsp3) is 0.400. The summed E-state index contributed by atoms with van der Waals surface area (Å²) in [6.45, 7) is 0.983. The summed E-state index contributed by atoms with van der Waals surface area (Å²) in [5.41, 5.74) is 4.26. The second-order valence-electron chi connectivity index (χ2n) is 9.53. The number of nitrogens with one attached hydrogen (secondary N) is 1. The number of aryl methyl sites for hydroxylation is 1. The molecule has 0 spiro atoms. The van der Waals surface area contributed by atoms with Gasteiger partial charge in [-0.25, -0.2) is 8.78 Å². The molecule has 1 saturated carbocycles. The number of halogens is 5. The molecule has 0 bridgehead atoms. The van der Waals surface area contributed by atoms with E-state index < -0.39 is 18.6 Å². The van der Waals surface area contributed by atoms with E-state index in [0.29, 0.717) is 41.6 Å². The summed E-state index contributed by atoms with van der Waals surface area (Å²) in [5, 5.41) is 3.85. The Morgan fingerprint density at radius 2 is 1.83 bits per heavy atom. The molecule has 0 atom stereocenters. The first kappa shape index (κ1) is 24.2. The van der Waals surface area contributed by atoms with Gasteiger partial charge in [0.05, 0.1) is 17.2 Å². The van der Waals surface area contributed by atoms with Gasteiger partial charge in [0, 0.05) is 66.4 Å². The number of alkyl halides is 5. The van der Waals surface area contributed by atoms with Gasteiger partial charge in [-0.05, 0) is 43.4 Å². The number of hydrogen-bond acceptors (Lipinski definition) is 3. The van der Waals surface area contributed by atoms with E-state index in [0.717, 1.165) is 21.3 Å². The van der Waals surface area contributed by atoms with Crippen LogP contribution in [0.4, 0.5) is 22.0 Å². The summed E-state index contributed by atoms with van der Waals surface area (Å²) in [6, 6.07) is 3.65. The zero-order valence-electron chi connectivity index (χ0n) is 19.4. The van der Waals surface area contributed by atoms with Crippen LogP contribution in [-0.2, 0) is 13.1 Å². The Labute approximate surface area is 202 Å². The van der Waals surface area contributed by atoms with Crippen LogP contribution in [0.5, 0.6) is 0 Å². The average molecular weight is 505 g/mol. The number of aromatic nitrogens is 5. The lowest BCUT2D eigenvalue weighted by molar-refractivity contribution is -0.142. The van der Waals surface area contributed by atoms with Crippen LogP contribution in [0, 0.1) is 12.8 Å². The summed E-state index contributed by atoms with van der Waals surface area (Å²) < 4.78 is 68.6. The van der Waals surface area contributed by atoms with Crippen LogP contribution in [0.15, 0.2) is 47.9 Å². The molecule has 36 heavy (non-hydrogen) atoms. The minimum Gasteiger partial charge on any atom is -0.345 e. The number of pyridine rings is 2. The Hall–Kier alpha value is -3.50. The van der Waals surface area contributed by atoms with Crippen molar-refractivity contribution in [3.05, 3.63) is 59.0 Å². The van der Waals surface area contributed by atoms with E-state index in [1.807, 2.05) is 10.6 Å². The van der Waals surface area contributed by atoms with E-state index in [-0.39, 0.29) is 24.3 Å². The minimum atomic E-state index is -4.40. The number of aromatic amines is 1. The first-order valence-corrected chi connectivity index (χ1v) is 11.6. The summed E-state index contributed by atoms with van der Waals surface area (Å²) in [4.78, 5) is 19.1. The lowest BCUT2D eigenvalue weighted by Gasteiger charge is -2.28. The number of fused-ring (bicyclic) bond motifs is 1. The molecule has 11 heteroatoms. The predicted octanol–water partition coefficient (Wildman–Crippen LogP) is 5.95. The van der Waals surface area contributed by atoms with Crippen molar-refractivity contribution >= 4 is 11.0 Å². The Bertz CT molecular complexity index is 1460. The summed E-state index contributed by atoms with van der Waals surface area (Å²) in [5.74, 6) is -2.59. The summed E-state index contributed by atoms with van der Waals surface area (Å²) in [7, 11) is 0. The Kier molecular flexibility index (Phi) is 5.96. The molecule has 0 aliphatic heterocycles. The van der Waals surface area contributed by atoms with E-state index >= 15 is 0 Å². The maximum Gasteiger partial charge on any atom is 0.408 e. The standard InChI is InChI=1S/C25H24F5N5O/c1-15-6-17(9-32-23(15)36)18-7-21-22(31-8-18)20(19-10-33-35(12-19)14-25(28,29)30)13-34(21)11-16-2-4-24(26,27)5-3-16/h6-10,12-13,16H,2-5,11,14H2,1H3,(H,32,36). The zero-order valence-corrected chi connectivity index (χ0v) is 19.4. The third-order valence-electron chi connectivity index (χ3n) is 6.72. The number of nitrogens with zero attached hydrogens (tertiary/aromatic N) is 4. The van der Waals surface area contributed by atoms with Crippen LogP contribution in [-0.4, -0.2) is 36.4 Å². The highest BCUT2D eigenvalue weighted by molar-refractivity contribution is 5.94. The van der Waals surface area contributed by atoms with E-state index in [1.54, 1.807) is 31.6 Å². The molecule has 1 aliphatic carbocycles. The molecule has 5 rings (SSSR count). The minimum absolute atomic E-state index is 0.0417. The molecule has 0 aromatic carbocycles. The van der Waals surface area contributed by atoms with Crippen molar-refractivity contribution in [3.63, 3.8) is 0 Å². The van der Waals surface area contributed by atoms with Gasteiger partial charge >= 0.3 is 6.18 Å². The molecule has 190 valence electrons. The van der Waals surface area contributed by atoms with Gasteiger partial charge < -0.3 is 9.55 Å². The lowest BCUT2D eigenvalue weighted by atomic mass is 9.87. The first-order chi connectivity index (χ1) is 17.0. The molecule has 0 unspecified atom stereocenters. The lowest BCUT2D eigenvalue weighted by Crippen LogP contribution is -2.26. The normalized spacial score (nSPS) is 16.6. The molecular formula is C25H24F5N5O. The highest BCUT2D eigenvalue weighted by Gasteiger charge is 2.35. The van der Waals surface area contributed by atoms with E-state index in [1.165, 1.54) is 12.4 Å². The first-order valence-electron chi connectivity index (χ1n) is 11.6. The van der Waals surface area contributed by atoms with E-state index in [4.69, 9.17) is 0 Å². The SMILES string of the molecule is Cc1cc(-c2cnc3c(-c4cnn(CC(F)(F)F)c4)cn(CC4CCC(F)(F)CC4)c3c2)c[nH]c1=O. The third kappa shape index (κ3) is 5.05. The third-order valence-corrected chi connectivity index (χ3v) is 6.72. The van der Waals surface area contributed by atoms with Gasteiger partial charge in [0.15, 0.2) is 0 Å². The predicted molar refractivity (Wildman–Crippen MR) is 125 cm³/mol. The van der Waals surface area contributed by atoms with Crippen LogP contribution >= 0.6 is 0 Å². The molecule has 0 saturated heterocycles. The maximum absolute atomic E-state index is 13.7. The van der Waals surface area contributed by atoms with Crippen molar-refractivity contribution in [3.8, 4) is 22.3 Å². The summed E-state index contributed by atoms with van der Waals surface area (Å²) in [6.07, 6.45) is 3.80. The molecule has 1 fully saturated rings. The summed E-state index contributed by atoms with van der Waals surface area (Å²) >= 11 is 0. The van der Waals surface area contributed by atoms with Gasteiger partial charge in [-0.2, -0.15) is 18.3 Å². The van der Waals surface area contributed by atoms with E-state index in [9.17, 15) is 26.7 Å². The fourth-order valence-corrected chi connectivity index (χ4v) is 4.78. The monoisotopic (exact) mass is 505 g/mol. The van der Waals surface area contributed by atoms with Crippen molar-refractivity contribution in [2.75, 3.05) is 0 Å². The molecule has 4 aromatic heterocycles. The number of H-pyrrole nitrogens is 1. The van der Waals surface area contributed by atoms with Crippen LogP contribution in [0.3, 0.4) is 0 Å². The maximum atomic E-state index is 13.7. The second kappa shape index (κ2) is 8.86. The average Bonchev–Trinajstić information content (AvgIpc) is 3.40. The van der Waals surface area contributed by atoms with Crippen molar-refractivity contribution in [1.82, 2.24) is 24.3 Å². The highest BCUT2D eigenvalue weighted by Crippen LogP contribution is 2.38. The number of hydrogen-bond donors (Lipinski definition) is 1. The molecule has 4 aromatic rings. The molecule has 6 nitrogen and oxygen atoms in total. The van der Waals surface area contributed by atoms with Crippen molar-refractivity contribution in [1.29, 1.82) is 0 Å². The van der Waals surface area contributed by atoms with Crippen LogP contribution in [0.25, 0.3) is 33.3 Å². The molecular weight excluding hydrogens is 481 g/mol. The molecule has 0 amide bonds. The van der Waals surface area contributed by atoms with Crippen molar-refractivity contribution in [2.24, 2.45) is 5.92 Å². The topological polar surface area (TPSA) is 68.5 Å². The van der Waals surface area contributed by atoms with Gasteiger partial charge in [-0.3, -0.25) is 14.5 Å². The number of rotatable bonds is 5. The van der Waals surface area contributed by atoms with Gasteiger partial charge in [0.25, 0.3) is 5.56 Å². The Morgan fingerprint density at radius 1 is 1.08 bits per heavy atom. The van der Waals surface area contributed by atoms with Crippen molar-refractivity contribution in [2.45, 2.75) is 57.8 Å². The molecule has 1 aliphatic rings. The largest absolute Gasteiger partial charge is 0.408 e. The van der Waals surface area contributed by atoms with Gasteiger partial charge in [0.2, 0.25) is 5.92 Å². The van der Waals surface area contributed by atoms with E-state index in [2.05, 4.69) is 15.1 Å². The zero-order chi connectivity index (χ0) is 25.7. The quantitative estimate of drug-likeness (QED) is 0.341. The molecule has 4 heterocycles. The smallest absolute Gasteiger partial charge is 0.345 e. The van der Waals surface area contributed by atoms with Crippen LogP contribution < -0.4 is 5.56 Å². The molecule has 1 N–H and O–H groups in total. The Morgan fingerprint density at radius 3 is 2.53 bits per heavy atom. The van der Waals surface area contributed by atoms with Gasteiger partial charge in [-0.15, -0.1) is 0 Å². The second-order valence-corrected chi connectivity index (χ2v) is 9.53. The Balaban J connectivity index is 1.56. The van der Waals surface area contributed by atoms with Crippen molar-refractivity contribution < 1.29 is 22.0 Å². The van der Waals surface area contributed by atoms with Gasteiger partial charge in [-0.1, -0.05) is 0 Å². The van der Waals surface area contributed by atoms with Gasteiger partial charge in [0.1, 0.15) is 6.54 Å². The van der Waals surface area contributed by atoms with Crippen LogP contribution in [0.2, 0.25) is 0 Å². The molecule has 0 radical (unpaired) electrons. The highest BCUT2D eigenvalue weighted by atomic mass is 19.4. The fourth-order valence-electron chi connectivity index (χ4n) is 4.78. The van der Waals surface area contributed by atoms with Crippen LogP contribution in [0.1, 0.15) is 31.2 Å².